The van der Waals surface area contributed by atoms with E-state index in [1.165, 1.54) is 6.07 Å². The molecule has 122 valence electrons. The number of rotatable bonds is 5. The Kier molecular flexibility index (Phi) is 4.86. The van der Waals surface area contributed by atoms with E-state index in [4.69, 9.17) is 9.15 Å². The van der Waals surface area contributed by atoms with Gasteiger partial charge in [-0.25, -0.2) is 0 Å². The van der Waals surface area contributed by atoms with Crippen molar-refractivity contribution >= 4 is 27.5 Å². The largest absolute Gasteiger partial charge is 0.506 e. The highest BCUT2D eigenvalue weighted by molar-refractivity contribution is 9.10. The Morgan fingerprint density at radius 1 is 1.08 bits per heavy atom. The number of amides is 1. The summed E-state index contributed by atoms with van der Waals surface area (Å²) in [5, 5.41) is 12.3. The summed E-state index contributed by atoms with van der Waals surface area (Å²) in [7, 11) is 0. The second kappa shape index (κ2) is 7.23. The lowest BCUT2D eigenvalue weighted by Gasteiger charge is -2.06. The van der Waals surface area contributed by atoms with Crippen LogP contribution in [-0.2, 0) is 6.61 Å². The van der Waals surface area contributed by atoms with Gasteiger partial charge >= 0.3 is 0 Å². The van der Waals surface area contributed by atoms with Crippen molar-refractivity contribution in [1.29, 1.82) is 0 Å². The molecule has 0 saturated heterocycles. The van der Waals surface area contributed by atoms with Gasteiger partial charge in [-0.15, -0.1) is 0 Å². The molecule has 1 heterocycles. The standard InChI is InChI=1S/C18H14BrNO4/c19-13-5-1-4-8-16(13)23-11-12-9-10-17(24-12)18(22)20-14-6-2-3-7-15(14)21/h1-10,21H,11H2,(H,20,22). The van der Waals surface area contributed by atoms with Gasteiger partial charge in [0.15, 0.2) is 5.76 Å². The van der Waals surface area contributed by atoms with Crippen molar-refractivity contribution in [2.45, 2.75) is 6.61 Å². The maximum absolute atomic E-state index is 12.1. The normalized spacial score (nSPS) is 10.4. The molecule has 2 aromatic carbocycles. The van der Waals surface area contributed by atoms with Gasteiger partial charge in [0.1, 0.15) is 23.9 Å². The summed E-state index contributed by atoms with van der Waals surface area (Å²) in [5.41, 5.74) is 0.324. The van der Waals surface area contributed by atoms with Crippen molar-refractivity contribution < 1.29 is 19.1 Å². The monoisotopic (exact) mass is 387 g/mol. The molecule has 1 amide bonds. The maximum atomic E-state index is 12.1. The van der Waals surface area contributed by atoms with E-state index in [0.717, 1.165) is 4.47 Å². The first kappa shape index (κ1) is 16.1. The molecule has 24 heavy (non-hydrogen) atoms. The van der Waals surface area contributed by atoms with Crippen molar-refractivity contribution in [3.8, 4) is 11.5 Å². The van der Waals surface area contributed by atoms with Gasteiger partial charge in [-0.2, -0.15) is 0 Å². The number of carbonyl (C=O) groups excluding carboxylic acids is 1. The van der Waals surface area contributed by atoms with Gasteiger partial charge in [-0.1, -0.05) is 24.3 Å². The molecular weight excluding hydrogens is 374 g/mol. The van der Waals surface area contributed by atoms with Crippen LogP contribution in [0.5, 0.6) is 11.5 Å². The van der Waals surface area contributed by atoms with Gasteiger partial charge in [-0.3, -0.25) is 4.79 Å². The number of nitrogens with one attached hydrogen (secondary N) is 1. The number of phenolic OH excluding ortho intramolecular Hbond substituents is 1. The molecule has 3 aromatic rings. The van der Waals surface area contributed by atoms with Crippen LogP contribution in [0.4, 0.5) is 5.69 Å². The zero-order valence-electron chi connectivity index (χ0n) is 12.5. The van der Waals surface area contributed by atoms with Crippen molar-refractivity contribution in [1.82, 2.24) is 0 Å². The van der Waals surface area contributed by atoms with E-state index in [9.17, 15) is 9.90 Å². The highest BCUT2D eigenvalue weighted by Crippen LogP contribution is 2.25. The molecule has 0 aliphatic rings. The molecule has 0 radical (unpaired) electrons. The van der Waals surface area contributed by atoms with Gasteiger partial charge < -0.3 is 19.6 Å². The molecule has 0 fully saturated rings. The van der Waals surface area contributed by atoms with E-state index in [1.54, 1.807) is 30.3 Å². The van der Waals surface area contributed by atoms with Crippen molar-refractivity contribution in [3.05, 3.63) is 76.7 Å². The summed E-state index contributed by atoms with van der Waals surface area (Å²) in [6.45, 7) is 0.201. The zero-order valence-corrected chi connectivity index (χ0v) is 14.1. The number of hydrogen-bond donors (Lipinski definition) is 2. The first-order valence-corrected chi connectivity index (χ1v) is 7.98. The Morgan fingerprint density at radius 2 is 1.83 bits per heavy atom. The summed E-state index contributed by atoms with van der Waals surface area (Å²) in [4.78, 5) is 12.1. The lowest BCUT2D eigenvalue weighted by atomic mass is 10.3. The number of para-hydroxylation sites is 3. The summed E-state index contributed by atoms with van der Waals surface area (Å²) < 4.78 is 12.0. The van der Waals surface area contributed by atoms with Crippen LogP contribution in [-0.4, -0.2) is 11.0 Å². The Labute approximate surface area is 147 Å². The van der Waals surface area contributed by atoms with Gasteiger partial charge in [0.05, 0.1) is 10.2 Å². The number of furan rings is 1. The predicted octanol–water partition coefficient (Wildman–Crippen LogP) is 4.58. The van der Waals surface area contributed by atoms with Gasteiger partial charge in [0.2, 0.25) is 0 Å². The van der Waals surface area contributed by atoms with Crippen LogP contribution in [0, 0.1) is 0 Å². The molecule has 3 rings (SSSR count). The molecule has 0 spiro atoms. The minimum atomic E-state index is -0.441. The number of halogens is 1. The second-order valence-corrected chi connectivity index (χ2v) is 5.81. The lowest BCUT2D eigenvalue weighted by Crippen LogP contribution is -2.10. The fourth-order valence-corrected chi connectivity index (χ4v) is 2.45. The van der Waals surface area contributed by atoms with Crippen molar-refractivity contribution in [3.63, 3.8) is 0 Å². The Bertz CT molecular complexity index is 859. The lowest BCUT2D eigenvalue weighted by molar-refractivity contribution is 0.0992. The number of carbonyl (C=O) groups is 1. The summed E-state index contributed by atoms with van der Waals surface area (Å²) in [6.07, 6.45) is 0. The van der Waals surface area contributed by atoms with Gasteiger partial charge in [0.25, 0.3) is 5.91 Å². The van der Waals surface area contributed by atoms with E-state index in [2.05, 4.69) is 21.2 Å². The molecule has 0 atom stereocenters. The number of ether oxygens (including phenoxy) is 1. The molecule has 0 aliphatic heterocycles. The molecule has 0 aliphatic carbocycles. The van der Waals surface area contributed by atoms with Crippen LogP contribution in [0.2, 0.25) is 0 Å². The summed E-state index contributed by atoms with van der Waals surface area (Å²) >= 11 is 3.40. The van der Waals surface area contributed by atoms with E-state index in [1.807, 2.05) is 24.3 Å². The minimum absolute atomic E-state index is 0.00473. The summed E-state index contributed by atoms with van der Waals surface area (Å²) in [5.74, 6) is 0.907. The Balaban J connectivity index is 1.64. The number of phenols is 1. The highest BCUT2D eigenvalue weighted by atomic mass is 79.9. The molecule has 1 aromatic heterocycles. The van der Waals surface area contributed by atoms with Crippen molar-refractivity contribution in [2.75, 3.05) is 5.32 Å². The number of benzene rings is 2. The number of aromatic hydroxyl groups is 1. The first-order chi connectivity index (χ1) is 11.6. The zero-order chi connectivity index (χ0) is 16.9. The third kappa shape index (κ3) is 3.78. The van der Waals surface area contributed by atoms with Crippen LogP contribution in [0.15, 0.2) is 69.6 Å². The average Bonchev–Trinajstić information content (AvgIpc) is 3.05. The van der Waals surface area contributed by atoms with Crippen LogP contribution in [0.1, 0.15) is 16.3 Å². The molecule has 5 nitrogen and oxygen atoms in total. The van der Waals surface area contributed by atoms with E-state index in [-0.39, 0.29) is 18.1 Å². The van der Waals surface area contributed by atoms with Crippen LogP contribution < -0.4 is 10.1 Å². The van der Waals surface area contributed by atoms with E-state index in [0.29, 0.717) is 17.2 Å². The first-order valence-electron chi connectivity index (χ1n) is 7.19. The SMILES string of the molecule is O=C(Nc1ccccc1O)c1ccc(COc2ccccc2Br)o1. The molecular formula is C18H14BrNO4. The molecule has 0 bridgehead atoms. The topological polar surface area (TPSA) is 71.7 Å². The molecule has 6 heteroatoms. The molecule has 2 N–H and O–H groups in total. The average molecular weight is 388 g/mol. The third-order valence-corrected chi connectivity index (χ3v) is 3.90. The fourth-order valence-electron chi connectivity index (χ4n) is 2.05. The maximum Gasteiger partial charge on any atom is 0.291 e. The predicted molar refractivity (Wildman–Crippen MR) is 93.2 cm³/mol. The van der Waals surface area contributed by atoms with Crippen LogP contribution >= 0.6 is 15.9 Å². The smallest absolute Gasteiger partial charge is 0.291 e. The van der Waals surface area contributed by atoms with Gasteiger partial charge in [-0.05, 0) is 52.3 Å². The van der Waals surface area contributed by atoms with Crippen molar-refractivity contribution in [2.24, 2.45) is 0 Å². The molecule has 0 unspecified atom stereocenters. The molecule has 0 saturated carbocycles. The highest BCUT2D eigenvalue weighted by Gasteiger charge is 2.13. The Hall–Kier alpha value is -2.73. The third-order valence-electron chi connectivity index (χ3n) is 3.24. The van der Waals surface area contributed by atoms with Crippen LogP contribution in [0.3, 0.4) is 0 Å². The van der Waals surface area contributed by atoms with Gasteiger partial charge in [0, 0.05) is 0 Å². The van der Waals surface area contributed by atoms with Crippen LogP contribution in [0.25, 0.3) is 0 Å². The number of anilines is 1. The van der Waals surface area contributed by atoms with E-state index >= 15 is 0 Å². The fraction of sp³-hybridized carbons (Fsp3) is 0.0556. The van der Waals surface area contributed by atoms with E-state index < -0.39 is 5.91 Å². The Morgan fingerprint density at radius 3 is 2.62 bits per heavy atom. The quantitative estimate of drug-likeness (QED) is 0.628. The minimum Gasteiger partial charge on any atom is -0.506 e. The summed E-state index contributed by atoms with van der Waals surface area (Å²) in [6, 6.07) is 17.2. The number of hydrogen-bond acceptors (Lipinski definition) is 4. The second-order valence-electron chi connectivity index (χ2n) is 4.96.